The Morgan fingerprint density at radius 3 is 2.30 bits per heavy atom. The molecule has 5 nitrogen and oxygen atoms in total. The number of nitrogens with one attached hydrogen (secondary N) is 1. The van der Waals surface area contributed by atoms with Crippen LogP contribution in [0.3, 0.4) is 0 Å². The number of methoxy groups -OCH3 is 1. The first-order valence-corrected chi connectivity index (χ1v) is 9.53. The Morgan fingerprint density at radius 2 is 1.70 bits per heavy atom. The summed E-state index contributed by atoms with van der Waals surface area (Å²) in [5, 5.41) is 2.97. The molecule has 2 aromatic carbocycles. The number of carbonyl (C=O) groups excluding carboxylic acids is 1. The first kappa shape index (κ1) is 20.6. The van der Waals surface area contributed by atoms with Crippen LogP contribution in [0.4, 0.5) is 5.69 Å². The van der Waals surface area contributed by atoms with Gasteiger partial charge in [0.05, 0.1) is 7.11 Å². The highest BCUT2D eigenvalue weighted by Crippen LogP contribution is 2.21. The predicted octanol–water partition coefficient (Wildman–Crippen LogP) is 4.02. The van der Waals surface area contributed by atoms with Crippen molar-refractivity contribution in [3.63, 3.8) is 0 Å². The summed E-state index contributed by atoms with van der Waals surface area (Å²) < 4.78 is 11.0. The van der Waals surface area contributed by atoms with E-state index in [4.69, 9.17) is 9.47 Å². The first-order valence-electron chi connectivity index (χ1n) is 9.53. The number of anilines is 1. The van der Waals surface area contributed by atoms with Crippen LogP contribution in [-0.2, 0) is 11.3 Å². The predicted molar refractivity (Wildman–Crippen MR) is 110 cm³/mol. The van der Waals surface area contributed by atoms with Gasteiger partial charge in [0.25, 0.3) is 5.91 Å². The molecule has 0 heterocycles. The molecule has 0 fully saturated rings. The van der Waals surface area contributed by atoms with E-state index in [1.165, 1.54) is 5.69 Å². The molecule has 1 amide bonds. The van der Waals surface area contributed by atoms with Gasteiger partial charge in [-0.25, -0.2) is 0 Å². The molecule has 0 aromatic heterocycles. The Labute approximate surface area is 162 Å². The molecule has 1 unspecified atom stereocenters. The third-order valence-electron chi connectivity index (χ3n) is 4.51. The van der Waals surface area contributed by atoms with Crippen LogP contribution in [0.15, 0.2) is 48.5 Å². The fourth-order valence-electron chi connectivity index (χ4n) is 2.88. The van der Waals surface area contributed by atoms with Gasteiger partial charge >= 0.3 is 0 Å². The van der Waals surface area contributed by atoms with Crippen LogP contribution in [-0.4, -0.2) is 32.2 Å². The molecule has 0 saturated carbocycles. The first-order chi connectivity index (χ1) is 13.1. The maximum Gasteiger partial charge on any atom is 0.261 e. The lowest BCUT2D eigenvalue weighted by molar-refractivity contribution is -0.128. The van der Waals surface area contributed by atoms with E-state index in [0.29, 0.717) is 24.5 Å². The van der Waals surface area contributed by atoms with Crippen molar-refractivity contribution in [3.05, 3.63) is 54.1 Å². The van der Waals surface area contributed by atoms with Crippen molar-refractivity contribution in [2.24, 2.45) is 0 Å². The molecule has 2 rings (SSSR count). The van der Waals surface area contributed by atoms with Crippen LogP contribution in [0.25, 0.3) is 0 Å². The van der Waals surface area contributed by atoms with Gasteiger partial charge in [-0.05, 0) is 50.1 Å². The zero-order valence-corrected chi connectivity index (χ0v) is 16.7. The molecule has 5 heteroatoms. The van der Waals surface area contributed by atoms with E-state index in [1.54, 1.807) is 13.2 Å². The number of benzene rings is 2. The zero-order chi connectivity index (χ0) is 19.6. The summed E-state index contributed by atoms with van der Waals surface area (Å²) >= 11 is 0. The summed E-state index contributed by atoms with van der Waals surface area (Å²) in [5.74, 6) is 1.21. The molecule has 0 aliphatic rings. The van der Waals surface area contributed by atoms with Crippen molar-refractivity contribution in [2.45, 2.75) is 39.8 Å². The number of ether oxygens (including phenoxy) is 2. The van der Waals surface area contributed by atoms with Gasteiger partial charge in [-0.3, -0.25) is 4.79 Å². The van der Waals surface area contributed by atoms with E-state index in [1.807, 2.05) is 25.1 Å². The lowest BCUT2D eigenvalue weighted by atomic mass is 10.2. The summed E-state index contributed by atoms with van der Waals surface area (Å²) in [6.45, 7) is 8.66. The minimum atomic E-state index is -0.535. The molecule has 27 heavy (non-hydrogen) atoms. The van der Waals surface area contributed by atoms with Crippen LogP contribution in [0, 0.1) is 0 Å². The van der Waals surface area contributed by atoms with E-state index in [2.05, 4.69) is 48.3 Å². The smallest absolute Gasteiger partial charge is 0.261 e. The third kappa shape index (κ3) is 5.91. The monoisotopic (exact) mass is 370 g/mol. The van der Waals surface area contributed by atoms with Crippen LogP contribution >= 0.6 is 0 Å². The van der Waals surface area contributed by atoms with Gasteiger partial charge in [0.15, 0.2) is 6.10 Å². The van der Waals surface area contributed by atoms with Crippen molar-refractivity contribution in [1.29, 1.82) is 0 Å². The van der Waals surface area contributed by atoms with Crippen molar-refractivity contribution >= 4 is 11.6 Å². The second-order valence-electron chi connectivity index (χ2n) is 6.25. The largest absolute Gasteiger partial charge is 0.497 e. The molecule has 0 spiro atoms. The van der Waals surface area contributed by atoms with Gasteiger partial charge in [-0.15, -0.1) is 0 Å². The molecule has 0 aliphatic heterocycles. The third-order valence-corrected chi connectivity index (χ3v) is 4.51. The summed E-state index contributed by atoms with van der Waals surface area (Å²) in [5.41, 5.74) is 2.26. The number of carbonyl (C=O) groups is 1. The topological polar surface area (TPSA) is 50.8 Å². The van der Waals surface area contributed by atoms with Crippen molar-refractivity contribution in [3.8, 4) is 11.5 Å². The Balaban J connectivity index is 1.92. The Hall–Kier alpha value is -2.69. The zero-order valence-electron chi connectivity index (χ0n) is 16.7. The quantitative estimate of drug-likeness (QED) is 0.686. The lowest BCUT2D eigenvalue weighted by Gasteiger charge is -2.21. The fraction of sp³-hybridized carbons (Fsp3) is 0.409. The number of rotatable bonds is 10. The van der Waals surface area contributed by atoms with E-state index < -0.39 is 6.10 Å². The normalized spacial score (nSPS) is 11.6. The van der Waals surface area contributed by atoms with Crippen LogP contribution < -0.4 is 19.7 Å². The molecular formula is C22H30N2O3. The Morgan fingerprint density at radius 1 is 1.04 bits per heavy atom. The molecule has 146 valence electrons. The molecule has 0 aliphatic carbocycles. The second-order valence-corrected chi connectivity index (χ2v) is 6.25. The highest BCUT2D eigenvalue weighted by Gasteiger charge is 2.18. The molecule has 0 bridgehead atoms. The maximum absolute atomic E-state index is 12.5. The number of hydrogen-bond acceptors (Lipinski definition) is 4. The summed E-state index contributed by atoms with van der Waals surface area (Å²) in [7, 11) is 1.61. The average molecular weight is 370 g/mol. The van der Waals surface area contributed by atoms with Gasteiger partial charge in [-0.2, -0.15) is 0 Å². The molecule has 0 radical (unpaired) electrons. The van der Waals surface area contributed by atoms with Crippen molar-refractivity contribution < 1.29 is 14.3 Å². The van der Waals surface area contributed by atoms with Gasteiger partial charge in [0.1, 0.15) is 11.5 Å². The standard InChI is InChI=1S/C22H30N2O3/c1-5-21(27-20-10-8-9-19(15-20)26-4)22(25)23-16-17-11-13-18(14-12-17)24(6-2)7-3/h8-15,21H,5-7,16H2,1-4H3,(H,23,25). The highest BCUT2D eigenvalue weighted by molar-refractivity contribution is 5.81. The maximum atomic E-state index is 12.5. The van der Waals surface area contributed by atoms with Gasteiger partial charge < -0.3 is 19.7 Å². The minimum absolute atomic E-state index is 0.117. The van der Waals surface area contributed by atoms with E-state index in [9.17, 15) is 4.79 Å². The van der Waals surface area contributed by atoms with Gasteiger partial charge in [-0.1, -0.05) is 25.1 Å². The van der Waals surface area contributed by atoms with E-state index in [0.717, 1.165) is 18.7 Å². The molecule has 1 N–H and O–H groups in total. The molecular weight excluding hydrogens is 340 g/mol. The SMILES string of the molecule is CCC(Oc1cccc(OC)c1)C(=O)NCc1ccc(N(CC)CC)cc1. The number of hydrogen-bond donors (Lipinski definition) is 1. The Kier molecular flexibility index (Phi) is 7.99. The minimum Gasteiger partial charge on any atom is -0.497 e. The van der Waals surface area contributed by atoms with Crippen molar-refractivity contribution in [2.75, 3.05) is 25.1 Å². The Bertz CT molecular complexity index is 712. The molecule has 2 aromatic rings. The van der Waals surface area contributed by atoms with E-state index >= 15 is 0 Å². The van der Waals surface area contributed by atoms with Gasteiger partial charge in [0, 0.05) is 31.4 Å². The molecule has 0 saturated heterocycles. The van der Waals surface area contributed by atoms with Crippen LogP contribution in [0.1, 0.15) is 32.8 Å². The summed E-state index contributed by atoms with van der Waals surface area (Å²) in [4.78, 5) is 14.8. The highest BCUT2D eigenvalue weighted by atomic mass is 16.5. The second kappa shape index (κ2) is 10.5. The average Bonchev–Trinajstić information content (AvgIpc) is 2.72. The van der Waals surface area contributed by atoms with Crippen molar-refractivity contribution in [1.82, 2.24) is 5.32 Å². The van der Waals surface area contributed by atoms with Crippen LogP contribution in [0.2, 0.25) is 0 Å². The summed E-state index contributed by atoms with van der Waals surface area (Å²) in [6, 6.07) is 15.6. The fourth-order valence-corrected chi connectivity index (χ4v) is 2.88. The lowest BCUT2D eigenvalue weighted by Crippen LogP contribution is -2.37. The number of nitrogens with zero attached hydrogens (tertiary/aromatic N) is 1. The number of amides is 1. The van der Waals surface area contributed by atoms with E-state index in [-0.39, 0.29) is 5.91 Å². The molecule has 1 atom stereocenters. The van der Waals surface area contributed by atoms with Crippen LogP contribution in [0.5, 0.6) is 11.5 Å². The van der Waals surface area contributed by atoms with Gasteiger partial charge in [0.2, 0.25) is 0 Å². The summed E-state index contributed by atoms with van der Waals surface area (Å²) in [6.07, 6.45) is 0.0521.